The summed E-state index contributed by atoms with van der Waals surface area (Å²) < 4.78 is 13.7. The van der Waals surface area contributed by atoms with Gasteiger partial charge in [-0.15, -0.1) is 0 Å². The monoisotopic (exact) mass is 337 g/mol. The third-order valence-electron chi connectivity index (χ3n) is 2.99. The Morgan fingerprint density at radius 1 is 1.25 bits per heavy atom. The average molecular weight is 338 g/mol. The first kappa shape index (κ1) is 14.8. The number of hydrogen-bond donors (Lipinski definition) is 1. The molecule has 0 spiro atoms. The van der Waals surface area contributed by atoms with Crippen LogP contribution in [0.1, 0.15) is 19.4 Å². The van der Waals surface area contributed by atoms with Gasteiger partial charge in [-0.2, -0.15) is 0 Å². The van der Waals surface area contributed by atoms with E-state index in [1.165, 1.54) is 12.1 Å². The number of nitrogens with zero attached hydrogens (tertiary/aromatic N) is 2. The number of rotatable bonds is 4. The van der Waals surface area contributed by atoms with E-state index in [2.05, 4.69) is 39.7 Å². The summed E-state index contributed by atoms with van der Waals surface area (Å²) in [6, 6.07) is 10.4. The lowest BCUT2D eigenvalue weighted by molar-refractivity contribution is 0.625. The van der Waals surface area contributed by atoms with Crippen LogP contribution in [0.4, 0.5) is 15.9 Å². The molecule has 0 aliphatic carbocycles. The number of nitrogen functional groups attached to an aromatic ring is 1. The third-order valence-corrected chi connectivity index (χ3v) is 3.39. The molecule has 1 aromatic heterocycles. The van der Waals surface area contributed by atoms with Crippen molar-refractivity contribution in [3.63, 3.8) is 0 Å². The molecule has 2 rings (SSSR count). The van der Waals surface area contributed by atoms with Crippen molar-refractivity contribution < 1.29 is 4.39 Å². The molecular weight excluding hydrogens is 321 g/mol. The van der Waals surface area contributed by atoms with Crippen LogP contribution in [0.2, 0.25) is 0 Å². The summed E-state index contributed by atoms with van der Waals surface area (Å²) in [5, 5.41) is 0. The van der Waals surface area contributed by atoms with Crippen molar-refractivity contribution in [1.82, 2.24) is 4.98 Å². The Kier molecular flexibility index (Phi) is 4.60. The van der Waals surface area contributed by atoms with Crippen LogP contribution in [-0.4, -0.2) is 11.0 Å². The highest BCUT2D eigenvalue weighted by Crippen LogP contribution is 2.23. The molecule has 0 aliphatic rings. The summed E-state index contributed by atoms with van der Waals surface area (Å²) >= 11 is 3.36. The Morgan fingerprint density at radius 2 is 1.90 bits per heavy atom. The second-order valence-electron chi connectivity index (χ2n) is 4.93. The fourth-order valence-electron chi connectivity index (χ4n) is 1.96. The summed E-state index contributed by atoms with van der Waals surface area (Å²) in [5.41, 5.74) is 7.55. The standard InChI is InChI=1S/C15H17BrFN3/c1-10(2)20(9-11-3-5-12(17)6-4-11)15-8-13(18)7-14(16)19-15/h3-8,10H,9H2,1-2H3,(H2,18,19). The van der Waals surface area contributed by atoms with Crippen molar-refractivity contribution in [2.75, 3.05) is 10.6 Å². The smallest absolute Gasteiger partial charge is 0.132 e. The van der Waals surface area contributed by atoms with E-state index >= 15 is 0 Å². The number of benzene rings is 1. The molecule has 0 atom stereocenters. The quantitative estimate of drug-likeness (QED) is 0.858. The van der Waals surface area contributed by atoms with Crippen LogP contribution in [0.25, 0.3) is 0 Å². The molecule has 0 saturated heterocycles. The summed E-state index contributed by atoms with van der Waals surface area (Å²) in [4.78, 5) is 6.58. The topological polar surface area (TPSA) is 42.1 Å². The van der Waals surface area contributed by atoms with Gasteiger partial charge in [-0.3, -0.25) is 0 Å². The van der Waals surface area contributed by atoms with Gasteiger partial charge in [0.15, 0.2) is 0 Å². The molecule has 1 aromatic carbocycles. The molecule has 0 fully saturated rings. The van der Waals surface area contributed by atoms with Gasteiger partial charge in [-0.25, -0.2) is 9.37 Å². The molecule has 0 bridgehead atoms. The lowest BCUT2D eigenvalue weighted by atomic mass is 10.2. The van der Waals surface area contributed by atoms with Gasteiger partial charge < -0.3 is 10.6 Å². The largest absolute Gasteiger partial charge is 0.399 e. The second-order valence-corrected chi connectivity index (χ2v) is 5.74. The number of hydrogen-bond acceptors (Lipinski definition) is 3. The van der Waals surface area contributed by atoms with Gasteiger partial charge in [-0.1, -0.05) is 12.1 Å². The number of anilines is 2. The molecule has 0 aliphatic heterocycles. The Morgan fingerprint density at radius 3 is 2.45 bits per heavy atom. The molecule has 0 amide bonds. The fourth-order valence-corrected chi connectivity index (χ4v) is 2.41. The molecule has 2 aromatic rings. The molecule has 3 nitrogen and oxygen atoms in total. The summed E-state index contributed by atoms with van der Waals surface area (Å²) in [6.45, 7) is 4.82. The van der Waals surface area contributed by atoms with E-state index < -0.39 is 0 Å². The first-order valence-electron chi connectivity index (χ1n) is 6.40. The predicted molar refractivity (Wildman–Crippen MR) is 84.1 cm³/mol. The van der Waals surface area contributed by atoms with Crippen LogP contribution >= 0.6 is 15.9 Å². The van der Waals surface area contributed by atoms with Gasteiger partial charge in [-0.05, 0) is 53.5 Å². The van der Waals surface area contributed by atoms with Crippen LogP contribution in [0, 0.1) is 5.82 Å². The van der Waals surface area contributed by atoms with E-state index in [9.17, 15) is 4.39 Å². The van der Waals surface area contributed by atoms with E-state index in [0.717, 1.165) is 11.4 Å². The van der Waals surface area contributed by atoms with Gasteiger partial charge in [0.25, 0.3) is 0 Å². The van der Waals surface area contributed by atoms with E-state index in [1.54, 1.807) is 18.2 Å². The molecule has 5 heteroatoms. The lowest BCUT2D eigenvalue weighted by Gasteiger charge is -2.28. The van der Waals surface area contributed by atoms with E-state index in [0.29, 0.717) is 16.8 Å². The zero-order chi connectivity index (χ0) is 14.7. The number of nitrogens with two attached hydrogens (primary N) is 1. The molecule has 0 radical (unpaired) electrons. The second kappa shape index (κ2) is 6.22. The number of halogens is 2. The van der Waals surface area contributed by atoms with Crippen molar-refractivity contribution in [2.45, 2.75) is 26.4 Å². The normalized spacial score (nSPS) is 10.8. The maximum Gasteiger partial charge on any atom is 0.132 e. The molecular formula is C15H17BrFN3. The molecule has 0 saturated carbocycles. The first-order valence-corrected chi connectivity index (χ1v) is 7.19. The minimum atomic E-state index is -0.227. The molecule has 1 heterocycles. The first-order chi connectivity index (χ1) is 9.45. The Hall–Kier alpha value is -1.62. The summed E-state index contributed by atoms with van der Waals surface area (Å²) in [6.07, 6.45) is 0. The van der Waals surface area contributed by atoms with Crippen LogP contribution in [-0.2, 0) is 6.54 Å². The highest BCUT2D eigenvalue weighted by molar-refractivity contribution is 9.10. The van der Waals surface area contributed by atoms with Gasteiger partial charge >= 0.3 is 0 Å². The van der Waals surface area contributed by atoms with Crippen LogP contribution < -0.4 is 10.6 Å². The van der Waals surface area contributed by atoms with E-state index in [1.807, 2.05) is 6.07 Å². The van der Waals surface area contributed by atoms with Crippen molar-refractivity contribution in [2.24, 2.45) is 0 Å². The van der Waals surface area contributed by atoms with Crippen LogP contribution in [0.5, 0.6) is 0 Å². The molecule has 2 N–H and O–H groups in total. The van der Waals surface area contributed by atoms with Gasteiger partial charge in [0, 0.05) is 24.3 Å². The molecule has 0 unspecified atom stereocenters. The minimum absolute atomic E-state index is 0.227. The Bertz CT molecular complexity index is 564. The van der Waals surface area contributed by atoms with Gasteiger partial charge in [0.2, 0.25) is 0 Å². The van der Waals surface area contributed by atoms with Crippen LogP contribution in [0.15, 0.2) is 41.0 Å². The zero-order valence-corrected chi connectivity index (χ0v) is 13.1. The zero-order valence-electron chi connectivity index (χ0n) is 11.5. The van der Waals surface area contributed by atoms with E-state index in [4.69, 9.17) is 5.73 Å². The minimum Gasteiger partial charge on any atom is -0.399 e. The van der Waals surface area contributed by atoms with Crippen molar-refractivity contribution in [3.05, 3.63) is 52.4 Å². The molecule has 106 valence electrons. The van der Waals surface area contributed by atoms with Crippen molar-refractivity contribution in [1.29, 1.82) is 0 Å². The SMILES string of the molecule is CC(C)N(Cc1ccc(F)cc1)c1cc(N)cc(Br)n1. The lowest BCUT2D eigenvalue weighted by Crippen LogP contribution is -2.31. The fraction of sp³-hybridized carbons (Fsp3) is 0.267. The highest BCUT2D eigenvalue weighted by atomic mass is 79.9. The van der Waals surface area contributed by atoms with Crippen LogP contribution in [0.3, 0.4) is 0 Å². The number of pyridine rings is 1. The maximum absolute atomic E-state index is 13.0. The molecule has 20 heavy (non-hydrogen) atoms. The Balaban J connectivity index is 2.29. The summed E-state index contributed by atoms with van der Waals surface area (Å²) in [5.74, 6) is 0.575. The average Bonchev–Trinajstić information content (AvgIpc) is 2.36. The van der Waals surface area contributed by atoms with Crippen molar-refractivity contribution in [3.8, 4) is 0 Å². The summed E-state index contributed by atoms with van der Waals surface area (Å²) in [7, 11) is 0. The van der Waals surface area contributed by atoms with E-state index in [-0.39, 0.29) is 11.9 Å². The van der Waals surface area contributed by atoms with Gasteiger partial charge in [0.1, 0.15) is 16.2 Å². The maximum atomic E-state index is 13.0. The van der Waals surface area contributed by atoms with Gasteiger partial charge in [0.05, 0.1) is 0 Å². The third kappa shape index (κ3) is 3.70. The highest BCUT2D eigenvalue weighted by Gasteiger charge is 2.14. The number of aromatic nitrogens is 1. The Labute approximate surface area is 126 Å². The van der Waals surface area contributed by atoms with Crippen molar-refractivity contribution >= 4 is 27.4 Å². The predicted octanol–water partition coefficient (Wildman–Crippen LogP) is 3.98.